The predicted molar refractivity (Wildman–Crippen MR) is 54.6 cm³/mol. The minimum atomic E-state index is -0.572. The Bertz CT molecular complexity index is 384. The summed E-state index contributed by atoms with van der Waals surface area (Å²) in [7, 11) is 0. The second-order valence-electron chi connectivity index (χ2n) is 3.04. The van der Waals surface area contributed by atoms with Gasteiger partial charge in [0.25, 0.3) is 0 Å². The Morgan fingerprint density at radius 3 is 2.64 bits per heavy atom. The lowest BCUT2D eigenvalue weighted by Gasteiger charge is -2.11. The molecule has 0 aromatic heterocycles. The van der Waals surface area contributed by atoms with Gasteiger partial charge in [0.1, 0.15) is 23.2 Å². The average molecular weight is 258 g/mol. The van der Waals surface area contributed by atoms with Crippen LogP contribution < -0.4 is 4.74 Å². The van der Waals surface area contributed by atoms with Crippen molar-refractivity contribution in [2.45, 2.75) is 20.0 Å². The SMILES string of the molecule is CC(C)Oc1cc(Br)cc(F)c1C#N. The number of nitriles is 1. The molecule has 0 atom stereocenters. The number of hydrogen-bond donors (Lipinski definition) is 0. The molecule has 0 spiro atoms. The molecular formula is C10H9BrFNO. The van der Waals surface area contributed by atoms with Gasteiger partial charge in [0, 0.05) is 4.47 Å². The molecule has 0 fully saturated rings. The fourth-order valence-electron chi connectivity index (χ4n) is 1.01. The molecular weight excluding hydrogens is 249 g/mol. The highest BCUT2D eigenvalue weighted by Gasteiger charge is 2.12. The molecule has 4 heteroatoms. The smallest absolute Gasteiger partial charge is 0.145 e. The molecule has 1 rings (SSSR count). The summed E-state index contributed by atoms with van der Waals surface area (Å²) in [6.07, 6.45) is -0.0872. The van der Waals surface area contributed by atoms with Crippen molar-refractivity contribution in [3.8, 4) is 11.8 Å². The van der Waals surface area contributed by atoms with Gasteiger partial charge in [0.2, 0.25) is 0 Å². The molecule has 0 bridgehead atoms. The third kappa shape index (κ3) is 2.46. The van der Waals surface area contributed by atoms with Gasteiger partial charge >= 0.3 is 0 Å². The van der Waals surface area contributed by atoms with Crippen molar-refractivity contribution < 1.29 is 9.13 Å². The van der Waals surface area contributed by atoms with E-state index in [9.17, 15) is 4.39 Å². The lowest BCUT2D eigenvalue weighted by molar-refractivity contribution is 0.240. The maximum atomic E-state index is 13.2. The Balaban J connectivity index is 3.20. The van der Waals surface area contributed by atoms with Gasteiger partial charge < -0.3 is 4.74 Å². The summed E-state index contributed by atoms with van der Waals surface area (Å²) in [6, 6.07) is 4.60. The van der Waals surface area contributed by atoms with Gasteiger partial charge in [-0.05, 0) is 26.0 Å². The van der Waals surface area contributed by atoms with E-state index < -0.39 is 5.82 Å². The van der Waals surface area contributed by atoms with Crippen LogP contribution in [0.3, 0.4) is 0 Å². The van der Waals surface area contributed by atoms with Crippen molar-refractivity contribution in [1.29, 1.82) is 5.26 Å². The first-order valence-corrected chi connectivity index (χ1v) is 4.89. The minimum absolute atomic E-state index is 0.0538. The topological polar surface area (TPSA) is 33.0 Å². The van der Waals surface area contributed by atoms with Gasteiger partial charge in [-0.25, -0.2) is 4.39 Å². The van der Waals surface area contributed by atoms with Crippen LogP contribution in [-0.2, 0) is 0 Å². The van der Waals surface area contributed by atoms with Crippen LogP contribution in [0.5, 0.6) is 5.75 Å². The van der Waals surface area contributed by atoms with E-state index in [4.69, 9.17) is 10.00 Å². The summed E-state index contributed by atoms with van der Waals surface area (Å²) in [4.78, 5) is 0. The Hall–Kier alpha value is -1.08. The first kappa shape index (κ1) is 11.0. The van der Waals surface area contributed by atoms with Crippen molar-refractivity contribution in [3.63, 3.8) is 0 Å². The van der Waals surface area contributed by atoms with Gasteiger partial charge in [-0.2, -0.15) is 5.26 Å². The molecule has 0 amide bonds. The molecule has 74 valence electrons. The summed E-state index contributed by atoms with van der Waals surface area (Å²) in [5.41, 5.74) is -0.0538. The average Bonchev–Trinajstić information content (AvgIpc) is 2.01. The van der Waals surface area contributed by atoms with Gasteiger partial charge in [0.05, 0.1) is 6.10 Å². The maximum Gasteiger partial charge on any atom is 0.145 e. The molecule has 0 N–H and O–H groups in total. The number of benzene rings is 1. The van der Waals surface area contributed by atoms with E-state index in [1.807, 2.05) is 13.8 Å². The van der Waals surface area contributed by atoms with Crippen LogP contribution in [0.4, 0.5) is 4.39 Å². The van der Waals surface area contributed by atoms with Crippen LogP contribution in [0, 0.1) is 17.1 Å². The number of nitrogens with zero attached hydrogens (tertiary/aromatic N) is 1. The highest BCUT2D eigenvalue weighted by molar-refractivity contribution is 9.10. The highest BCUT2D eigenvalue weighted by Crippen LogP contribution is 2.26. The van der Waals surface area contributed by atoms with Crippen molar-refractivity contribution >= 4 is 15.9 Å². The van der Waals surface area contributed by atoms with E-state index >= 15 is 0 Å². The molecule has 1 aromatic carbocycles. The second-order valence-corrected chi connectivity index (χ2v) is 3.95. The Labute approximate surface area is 90.4 Å². The largest absolute Gasteiger partial charge is 0.489 e. The summed E-state index contributed by atoms with van der Waals surface area (Å²) in [5.74, 6) is -0.299. The van der Waals surface area contributed by atoms with E-state index in [1.54, 1.807) is 12.1 Å². The molecule has 0 saturated carbocycles. The van der Waals surface area contributed by atoms with Crippen LogP contribution in [0.15, 0.2) is 16.6 Å². The molecule has 0 saturated heterocycles. The third-order valence-electron chi connectivity index (χ3n) is 1.49. The zero-order chi connectivity index (χ0) is 10.7. The van der Waals surface area contributed by atoms with E-state index in [0.717, 1.165) is 0 Å². The molecule has 0 aliphatic carbocycles. The van der Waals surface area contributed by atoms with Gasteiger partial charge in [0.15, 0.2) is 0 Å². The summed E-state index contributed by atoms with van der Waals surface area (Å²) >= 11 is 3.14. The fraction of sp³-hybridized carbons (Fsp3) is 0.300. The van der Waals surface area contributed by atoms with Crippen molar-refractivity contribution in [3.05, 3.63) is 28.0 Å². The molecule has 0 radical (unpaired) electrons. The van der Waals surface area contributed by atoms with Crippen LogP contribution in [0.2, 0.25) is 0 Å². The second kappa shape index (κ2) is 4.43. The van der Waals surface area contributed by atoms with Crippen LogP contribution in [-0.4, -0.2) is 6.10 Å². The van der Waals surface area contributed by atoms with E-state index in [0.29, 0.717) is 4.47 Å². The molecule has 14 heavy (non-hydrogen) atoms. The van der Waals surface area contributed by atoms with Crippen molar-refractivity contribution in [2.75, 3.05) is 0 Å². The summed E-state index contributed by atoms with van der Waals surface area (Å²) < 4.78 is 19.1. The monoisotopic (exact) mass is 257 g/mol. The number of hydrogen-bond acceptors (Lipinski definition) is 2. The summed E-state index contributed by atoms with van der Waals surface area (Å²) in [5, 5.41) is 8.72. The lowest BCUT2D eigenvalue weighted by Crippen LogP contribution is -2.07. The molecule has 1 aromatic rings. The normalized spacial score (nSPS) is 10.0. The van der Waals surface area contributed by atoms with Gasteiger partial charge in [-0.15, -0.1) is 0 Å². The highest BCUT2D eigenvalue weighted by atomic mass is 79.9. The van der Waals surface area contributed by atoms with Crippen molar-refractivity contribution in [1.82, 2.24) is 0 Å². The first-order valence-electron chi connectivity index (χ1n) is 4.10. The zero-order valence-electron chi connectivity index (χ0n) is 7.84. The van der Waals surface area contributed by atoms with Crippen LogP contribution >= 0.6 is 15.9 Å². The first-order chi connectivity index (χ1) is 6.54. The van der Waals surface area contributed by atoms with Crippen LogP contribution in [0.1, 0.15) is 19.4 Å². The van der Waals surface area contributed by atoms with E-state index in [2.05, 4.69) is 15.9 Å². The predicted octanol–water partition coefficient (Wildman–Crippen LogP) is 3.25. The Morgan fingerprint density at radius 1 is 1.50 bits per heavy atom. The van der Waals surface area contributed by atoms with Crippen molar-refractivity contribution in [2.24, 2.45) is 0 Å². The Morgan fingerprint density at radius 2 is 2.14 bits per heavy atom. The standard InChI is InChI=1S/C10H9BrFNO/c1-6(2)14-10-4-7(11)3-9(12)8(10)5-13/h3-4,6H,1-2H3. The number of rotatable bonds is 2. The molecule has 2 nitrogen and oxygen atoms in total. The third-order valence-corrected chi connectivity index (χ3v) is 1.95. The molecule has 0 aliphatic rings. The molecule has 0 unspecified atom stereocenters. The van der Waals surface area contributed by atoms with E-state index in [1.165, 1.54) is 6.07 Å². The van der Waals surface area contributed by atoms with E-state index in [-0.39, 0.29) is 17.4 Å². The fourth-order valence-corrected chi connectivity index (χ4v) is 1.41. The minimum Gasteiger partial charge on any atom is -0.489 e. The summed E-state index contributed by atoms with van der Waals surface area (Å²) in [6.45, 7) is 3.64. The lowest BCUT2D eigenvalue weighted by atomic mass is 10.2. The quantitative estimate of drug-likeness (QED) is 0.815. The molecule has 0 heterocycles. The number of halogens is 2. The maximum absolute atomic E-state index is 13.2. The zero-order valence-corrected chi connectivity index (χ0v) is 9.43. The molecule has 0 aliphatic heterocycles. The van der Waals surface area contributed by atoms with Crippen LogP contribution in [0.25, 0.3) is 0 Å². The Kier molecular flexibility index (Phi) is 3.48. The van der Waals surface area contributed by atoms with Gasteiger partial charge in [-0.1, -0.05) is 15.9 Å². The van der Waals surface area contributed by atoms with Gasteiger partial charge in [-0.3, -0.25) is 0 Å². The number of ether oxygens (including phenoxy) is 1.